The summed E-state index contributed by atoms with van der Waals surface area (Å²) >= 11 is 0. The molecule has 0 saturated carbocycles. The number of anilines is 1. The molecule has 20 heavy (non-hydrogen) atoms. The number of hydrogen-bond donors (Lipinski definition) is 0. The first-order valence-corrected chi connectivity index (χ1v) is 7.31. The van der Waals surface area contributed by atoms with Crippen molar-refractivity contribution in [3.63, 3.8) is 0 Å². The Bertz CT molecular complexity index is 508. The summed E-state index contributed by atoms with van der Waals surface area (Å²) in [4.78, 5) is 13.2. The van der Waals surface area contributed by atoms with Gasteiger partial charge in [-0.1, -0.05) is 20.3 Å². The van der Waals surface area contributed by atoms with Gasteiger partial charge in [0.1, 0.15) is 5.69 Å². The van der Waals surface area contributed by atoms with E-state index in [0.29, 0.717) is 11.5 Å². The summed E-state index contributed by atoms with van der Waals surface area (Å²) in [5, 5.41) is 15.5. The lowest BCUT2D eigenvalue weighted by atomic mass is 9.78. The SMILES string of the molecule is CCCC1(C)CCCN(c2c([N+](=O)[O-])c(C)nn2C)C1. The van der Waals surface area contributed by atoms with Gasteiger partial charge in [0.05, 0.1) is 4.92 Å². The second-order valence-corrected chi connectivity index (χ2v) is 6.22. The molecule has 1 aliphatic heterocycles. The normalized spacial score (nSPS) is 23.1. The van der Waals surface area contributed by atoms with Crippen LogP contribution in [0.25, 0.3) is 0 Å². The smallest absolute Gasteiger partial charge is 0.333 e. The molecule has 1 aliphatic rings. The average Bonchev–Trinajstić information content (AvgIpc) is 2.64. The van der Waals surface area contributed by atoms with Gasteiger partial charge in [0.25, 0.3) is 0 Å². The molecule has 0 aromatic carbocycles. The summed E-state index contributed by atoms with van der Waals surface area (Å²) in [6.07, 6.45) is 4.59. The Morgan fingerprint density at radius 3 is 2.80 bits per heavy atom. The van der Waals surface area contributed by atoms with Crippen LogP contribution in [0.3, 0.4) is 0 Å². The van der Waals surface area contributed by atoms with Gasteiger partial charge in [-0.05, 0) is 31.6 Å². The summed E-state index contributed by atoms with van der Waals surface area (Å²) in [5.41, 5.74) is 0.905. The Labute approximate surface area is 119 Å². The number of aromatic nitrogens is 2. The molecule has 1 saturated heterocycles. The van der Waals surface area contributed by atoms with Gasteiger partial charge in [-0.2, -0.15) is 5.10 Å². The third-order valence-corrected chi connectivity index (χ3v) is 4.28. The number of rotatable bonds is 4. The zero-order chi connectivity index (χ0) is 14.9. The monoisotopic (exact) mass is 280 g/mol. The van der Waals surface area contributed by atoms with E-state index < -0.39 is 0 Å². The van der Waals surface area contributed by atoms with Crippen LogP contribution in [-0.2, 0) is 7.05 Å². The first-order valence-electron chi connectivity index (χ1n) is 7.31. The molecule has 0 spiro atoms. The van der Waals surface area contributed by atoms with E-state index in [1.165, 1.54) is 6.42 Å². The topological polar surface area (TPSA) is 64.2 Å². The van der Waals surface area contributed by atoms with Gasteiger partial charge in [0, 0.05) is 20.1 Å². The molecular formula is C14H24N4O2. The number of aryl methyl sites for hydroxylation is 2. The number of nitro groups is 1. The van der Waals surface area contributed by atoms with Crippen LogP contribution in [0, 0.1) is 22.5 Å². The summed E-state index contributed by atoms with van der Waals surface area (Å²) in [6, 6.07) is 0. The van der Waals surface area contributed by atoms with E-state index in [-0.39, 0.29) is 16.0 Å². The van der Waals surface area contributed by atoms with Crippen molar-refractivity contribution in [1.82, 2.24) is 9.78 Å². The van der Waals surface area contributed by atoms with Crippen molar-refractivity contribution in [2.75, 3.05) is 18.0 Å². The Balaban J connectivity index is 2.34. The molecule has 2 rings (SSSR count). The molecule has 0 N–H and O–H groups in total. The van der Waals surface area contributed by atoms with Gasteiger partial charge >= 0.3 is 5.69 Å². The third kappa shape index (κ3) is 2.64. The van der Waals surface area contributed by atoms with Crippen LogP contribution in [0.5, 0.6) is 0 Å². The van der Waals surface area contributed by atoms with E-state index in [1.807, 2.05) is 0 Å². The number of piperidine rings is 1. The predicted octanol–water partition coefficient (Wildman–Crippen LogP) is 3.04. The summed E-state index contributed by atoms with van der Waals surface area (Å²) < 4.78 is 1.66. The van der Waals surface area contributed by atoms with Crippen LogP contribution in [0.4, 0.5) is 11.5 Å². The van der Waals surface area contributed by atoms with Crippen LogP contribution >= 0.6 is 0 Å². The van der Waals surface area contributed by atoms with Crippen LogP contribution in [0.2, 0.25) is 0 Å². The fourth-order valence-electron chi connectivity index (χ4n) is 3.51. The van der Waals surface area contributed by atoms with Crippen molar-refractivity contribution in [1.29, 1.82) is 0 Å². The molecule has 0 bridgehead atoms. The number of hydrogen-bond acceptors (Lipinski definition) is 4. The molecule has 0 amide bonds. The van der Waals surface area contributed by atoms with Crippen LogP contribution in [0.1, 0.15) is 45.2 Å². The second kappa shape index (κ2) is 5.42. The van der Waals surface area contributed by atoms with Gasteiger partial charge in [-0.25, -0.2) is 4.68 Å². The Kier molecular flexibility index (Phi) is 4.01. The zero-order valence-corrected chi connectivity index (χ0v) is 12.8. The number of nitrogens with zero attached hydrogens (tertiary/aromatic N) is 4. The fourth-order valence-corrected chi connectivity index (χ4v) is 3.51. The Hall–Kier alpha value is -1.59. The van der Waals surface area contributed by atoms with Crippen molar-refractivity contribution in [2.45, 2.75) is 46.5 Å². The van der Waals surface area contributed by atoms with Gasteiger partial charge in [0.2, 0.25) is 5.82 Å². The maximum atomic E-state index is 11.3. The van der Waals surface area contributed by atoms with Crippen LogP contribution < -0.4 is 4.90 Å². The molecule has 2 heterocycles. The molecular weight excluding hydrogens is 256 g/mol. The second-order valence-electron chi connectivity index (χ2n) is 6.22. The van der Waals surface area contributed by atoms with E-state index in [2.05, 4.69) is 23.8 Å². The molecule has 6 nitrogen and oxygen atoms in total. The quantitative estimate of drug-likeness (QED) is 0.628. The summed E-state index contributed by atoms with van der Waals surface area (Å²) in [7, 11) is 1.79. The molecule has 0 radical (unpaired) electrons. The lowest BCUT2D eigenvalue weighted by Crippen LogP contribution is -2.42. The average molecular weight is 280 g/mol. The highest BCUT2D eigenvalue weighted by Crippen LogP contribution is 2.39. The fraction of sp³-hybridized carbons (Fsp3) is 0.786. The van der Waals surface area contributed by atoms with Crippen molar-refractivity contribution in [3.8, 4) is 0 Å². The van der Waals surface area contributed by atoms with E-state index >= 15 is 0 Å². The van der Waals surface area contributed by atoms with Crippen molar-refractivity contribution >= 4 is 11.5 Å². The highest BCUT2D eigenvalue weighted by Gasteiger charge is 2.35. The lowest BCUT2D eigenvalue weighted by Gasteiger charge is -2.41. The molecule has 1 atom stereocenters. The minimum atomic E-state index is -0.302. The first kappa shape index (κ1) is 14.8. The van der Waals surface area contributed by atoms with Crippen molar-refractivity contribution < 1.29 is 4.92 Å². The Morgan fingerprint density at radius 2 is 2.20 bits per heavy atom. The van der Waals surface area contributed by atoms with Crippen molar-refractivity contribution in [2.24, 2.45) is 12.5 Å². The van der Waals surface area contributed by atoms with E-state index in [4.69, 9.17) is 0 Å². The van der Waals surface area contributed by atoms with Crippen molar-refractivity contribution in [3.05, 3.63) is 15.8 Å². The van der Waals surface area contributed by atoms with Gasteiger partial charge in [0.15, 0.2) is 0 Å². The minimum Gasteiger partial charge on any atom is -0.351 e. The zero-order valence-electron chi connectivity index (χ0n) is 12.8. The van der Waals surface area contributed by atoms with Gasteiger partial charge < -0.3 is 4.90 Å². The largest absolute Gasteiger partial charge is 0.351 e. The van der Waals surface area contributed by atoms with Gasteiger partial charge in [-0.3, -0.25) is 10.1 Å². The third-order valence-electron chi connectivity index (χ3n) is 4.28. The van der Waals surface area contributed by atoms with Gasteiger partial charge in [-0.15, -0.1) is 0 Å². The summed E-state index contributed by atoms with van der Waals surface area (Å²) in [6.45, 7) is 7.94. The molecule has 1 aromatic heterocycles. The first-order chi connectivity index (χ1) is 9.38. The highest BCUT2D eigenvalue weighted by molar-refractivity contribution is 5.61. The molecule has 1 aromatic rings. The van der Waals surface area contributed by atoms with Crippen LogP contribution in [-0.4, -0.2) is 27.8 Å². The molecule has 0 aliphatic carbocycles. The molecule has 112 valence electrons. The predicted molar refractivity (Wildman–Crippen MR) is 79.1 cm³/mol. The minimum absolute atomic E-state index is 0.160. The lowest BCUT2D eigenvalue weighted by molar-refractivity contribution is -0.384. The maximum absolute atomic E-state index is 11.3. The molecule has 1 unspecified atom stereocenters. The maximum Gasteiger partial charge on any atom is 0.333 e. The highest BCUT2D eigenvalue weighted by atomic mass is 16.6. The van der Waals surface area contributed by atoms with Crippen LogP contribution in [0.15, 0.2) is 0 Å². The van der Waals surface area contributed by atoms with E-state index in [0.717, 1.165) is 32.4 Å². The molecule has 1 fully saturated rings. The molecule has 6 heteroatoms. The standard InChI is InChI=1S/C14H24N4O2/c1-5-7-14(3)8-6-9-17(10-14)13-12(18(19)20)11(2)15-16(13)4/h5-10H2,1-4H3. The van der Waals surface area contributed by atoms with E-state index in [9.17, 15) is 10.1 Å². The Morgan fingerprint density at radius 1 is 1.50 bits per heavy atom. The summed E-state index contributed by atoms with van der Waals surface area (Å²) in [5.74, 6) is 0.662. The van der Waals surface area contributed by atoms with E-state index in [1.54, 1.807) is 18.7 Å².